The molecule has 0 atom stereocenters. The molecule has 4 aromatic rings. The molecule has 0 spiro atoms. The standard InChI is InChI=1S/C18H14FN5O3/c1-10-14-7-12(8-20-17(14)24(2)22-10)18(25)26-9-15-21-16(23-27-15)11-3-5-13(19)6-4-11/h3-8H,9H2,1-2H3. The average Bonchev–Trinajstić information content (AvgIpc) is 3.25. The summed E-state index contributed by atoms with van der Waals surface area (Å²) in [7, 11) is 1.79. The molecule has 0 aliphatic heterocycles. The minimum atomic E-state index is -0.561. The van der Waals surface area contributed by atoms with E-state index in [0.717, 1.165) is 11.1 Å². The lowest BCUT2D eigenvalue weighted by Crippen LogP contribution is -2.06. The molecule has 27 heavy (non-hydrogen) atoms. The third-order valence-corrected chi connectivity index (χ3v) is 4.00. The molecule has 0 aliphatic rings. The van der Waals surface area contributed by atoms with Crippen molar-refractivity contribution < 1.29 is 18.4 Å². The zero-order valence-electron chi connectivity index (χ0n) is 14.5. The van der Waals surface area contributed by atoms with E-state index >= 15 is 0 Å². The van der Waals surface area contributed by atoms with Crippen LogP contribution in [0.3, 0.4) is 0 Å². The van der Waals surface area contributed by atoms with Gasteiger partial charge in [-0.3, -0.25) is 4.68 Å². The summed E-state index contributed by atoms with van der Waals surface area (Å²) in [5.41, 5.74) is 2.36. The zero-order valence-corrected chi connectivity index (χ0v) is 14.5. The van der Waals surface area contributed by atoms with Gasteiger partial charge in [-0.2, -0.15) is 10.1 Å². The van der Waals surface area contributed by atoms with E-state index in [1.54, 1.807) is 17.8 Å². The van der Waals surface area contributed by atoms with Crippen LogP contribution in [0.4, 0.5) is 4.39 Å². The third-order valence-electron chi connectivity index (χ3n) is 4.00. The number of fused-ring (bicyclic) bond motifs is 1. The number of halogens is 1. The van der Waals surface area contributed by atoms with E-state index < -0.39 is 5.97 Å². The summed E-state index contributed by atoms with van der Waals surface area (Å²) >= 11 is 0. The highest BCUT2D eigenvalue weighted by molar-refractivity contribution is 5.93. The molecule has 1 aromatic carbocycles. The number of pyridine rings is 1. The molecular weight excluding hydrogens is 353 g/mol. The molecule has 0 amide bonds. The van der Waals surface area contributed by atoms with Gasteiger partial charge < -0.3 is 9.26 Å². The van der Waals surface area contributed by atoms with Crippen LogP contribution in [0.2, 0.25) is 0 Å². The topological polar surface area (TPSA) is 95.9 Å². The van der Waals surface area contributed by atoms with Gasteiger partial charge in [0.2, 0.25) is 5.82 Å². The lowest BCUT2D eigenvalue weighted by molar-refractivity contribution is 0.0429. The number of rotatable bonds is 4. The van der Waals surface area contributed by atoms with Crippen LogP contribution in [0, 0.1) is 12.7 Å². The highest BCUT2D eigenvalue weighted by Gasteiger charge is 2.15. The van der Waals surface area contributed by atoms with Crippen molar-refractivity contribution in [2.24, 2.45) is 7.05 Å². The van der Waals surface area contributed by atoms with E-state index in [0.29, 0.717) is 16.8 Å². The largest absolute Gasteiger partial charge is 0.452 e. The lowest BCUT2D eigenvalue weighted by atomic mass is 10.2. The number of nitrogens with zero attached hydrogens (tertiary/aromatic N) is 5. The van der Waals surface area contributed by atoms with Crippen molar-refractivity contribution in [3.05, 3.63) is 59.5 Å². The van der Waals surface area contributed by atoms with Crippen molar-refractivity contribution in [2.45, 2.75) is 13.5 Å². The molecule has 0 saturated heterocycles. The van der Waals surface area contributed by atoms with Crippen LogP contribution in [0.15, 0.2) is 41.1 Å². The fourth-order valence-corrected chi connectivity index (χ4v) is 2.66. The van der Waals surface area contributed by atoms with Crippen LogP contribution in [0.25, 0.3) is 22.4 Å². The summed E-state index contributed by atoms with van der Waals surface area (Å²) in [6, 6.07) is 7.36. The van der Waals surface area contributed by atoms with Crippen molar-refractivity contribution in [2.75, 3.05) is 0 Å². The molecular formula is C18H14FN5O3. The van der Waals surface area contributed by atoms with E-state index in [2.05, 4.69) is 20.2 Å². The van der Waals surface area contributed by atoms with Crippen molar-refractivity contribution in [3.63, 3.8) is 0 Å². The zero-order chi connectivity index (χ0) is 19.0. The van der Waals surface area contributed by atoms with Gasteiger partial charge in [0, 0.05) is 24.2 Å². The highest BCUT2D eigenvalue weighted by Crippen LogP contribution is 2.18. The molecule has 0 fully saturated rings. The number of ether oxygens (including phenoxy) is 1. The minimum Gasteiger partial charge on any atom is -0.452 e. The maximum Gasteiger partial charge on any atom is 0.340 e. The molecule has 3 heterocycles. The van der Waals surface area contributed by atoms with Crippen molar-refractivity contribution in [1.82, 2.24) is 24.9 Å². The lowest BCUT2D eigenvalue weighted by Gasteiger charge is -2.02. The Hall–Kier alpha value is -3.62. The molecule has 3 aromatic heterocycles. The van der Waals surface area contributed by atoms with E-state index in [1.807, 2.05) is 6.92 Å². The molecule has 0 aliphatic carbocycles. The second kappa shape index (κ2) is 6.60. The fraction of sp³-hybridized carbons (Fsp3) is 0.167. The number of esters is 1. The van der Waals surface area contributed by atoms with E-state index in [4.69, 9.17) is 9.26 Å². The normalized spacial score (nSPS) is 11.1. The second-order valence-corrected chi connectivity index (χ2v) is 5.90. The van der Waals surface area contributed by atoms with Gasteiger partial charge >= 0.3 is 5.97 Å². The first kappa shape index (κ1) is 16.8. The molecule has 0 unspecified atom stereocenters. The van der Waals surface area contributed by atoms with Crippen LogP contribution in [-0.4, -0.2) is 30.9 Å². The molecule has 8 nitrogen and oxygen atoms in total. The number of carbonyl (C=O) groups excluding carboxylic acids is 1. The van der Waals surface area contributed by atoms with Gasteiger partial charge in [0.1, 0.15) is 5.82 Å². The Balaban J connectivity index is 1.46. The molecule has 4 rings (SSSR count). The van der Waals surface area contributed by atoms with Crippen LogP contribution >= 0.6 is 0 Å². The first-order chi connectivity index (χ1) is 13.0. The number of benzene rings is 1. The quantitative estimate of drug-likeness (QED) is 0.512. The van der Waals surface area contributed by atoms with Gasteiger partial charge in [-0.15, -0.1) is 0 Å². The number of hydrogen-bond donors (Lipinski definition) is 0. The van der Waals surface area contributed by atoms with Crippen molar-refractivity contribution in [1.29, 1.82) is 0 Å². The Morgan fingerprint density at radius 1 is 1.30 bits per heavy atom. The van der Waals surface area contributed by atoms with Gasteiger partial charge in [0.15, 0.2) is 12.3 Å². The molecule has 0 radical (unpaired) electrons. The van der Waals surface area contributed by atoms with Gasteiger partial charge in [-0.25, -0.2) is 14.2 Å². The SMILES string of the molecule is Cc1nn(C)c2ncc(C(=O)OCc3nc(-c4ccc(F)cc4)no3)cc12. The predicted octanol–water partition coefficient (Wildman–Crippen LogP) is 2.82. The summed E-state index contributed by atoms with van der Waals surface area (Å²) in [5, 5.41) is 8.85. The minimum absolute atomic E-state index is 0.134. The average molecular weight is 367 g/mol. The summed E-state index contributed by atoms with van der Waals surface area (Å²) in [5.74, 6) is -0.496. The third kappa shape index (κ3) is 3.26. The smallest absolute Gasteiger partial charge is 0.340 e. The molecule has 136 valence electrons. The summed E-state index contributed by atoms with van der Waals surface area (Å²) in [6.07, 6.45) is 1.43. The van der Waals surface area contributed by atoms with E-state index in [-0.39, 0.29) is 24.1 Å². The first-order valence-electron chi connectivity index (χ1n) is 8.06. The summed E-state index contributed by atoms with van der Waals surface area (Å²) in [4.78, 5) is 20.7. The van der Waals surface area contributed by atoms with Gasteiger partial charge in [-0.05, 0) is 37.3 Å². The Morgan fingerprint density at radius 2 is 2.07 bits per heavy atom. The van der Waals surface area contributed by atoms with Gasteiger partial charge in [-0.1, -0.05) is 5.16 Å². The van der Waals surface area contributed by atoms with Crippen LogP contribution in [0.1, 0.15) is 21.9 Å². The fourth-order valence-electron chi connectivity index (χ4n) is 2.66. The maximum atomic E-state index is 13.0. The first-order valence-corrected chi connectivity index (χ1v) is 8.06. The number of aryl methyl sites for hydroxylation is 2. The second-order valence-electron chi connectivity index (χ2n) is 5.90. The Bertz CT molecular complexity index is 1130. The summed E-state index contributed by atoms with van der Waals surface area (Å²) in [6.45, 7) is 1.66. The van der Waals surface area contributed by atoms with Gasteiger partial charge in [0.05, 0.1) is 11.3 Å². The van der Waals surface area contributed by atoms with Crippen LogP contribution in [0.5, 0.6) is 0 Å². The Labute approximate surface area is 152 Å². The Morgan fingerprint density at radius 3 is 2.85 bits per heavy atom. The van der Waals surface area contributed by atoms with Crippen LogP contribution < -0.4 is 0 Å². The molecule has 0 saturated carbocycles. The van der Waals surface area contributed by atoms with Crippen molar-refractivity contribution in [3.8, 4) is 11.4 Å². The highest BCUT2D eigenvalue weighted by atomic mass is 19.1. The monoisotopic (exact) mass is 367 g/mol. The predicted molar refractivity (Wildman–Crippen MR) is 92.1 cm³/mol. The van der Waals surface area contributed by atoms with Crippen molar-refractivity contribution >= 4 is 17.0 Å². The van der Waals surface area contributed by atoms with Crippen LogP contribution in [-0.2, 0) is 18.4 Å². The van der Waals surface area contributed by atoms with Gasteiger partial charge in [0.25, 0.3) is 5.89 Å². The maximum absolute atomic E-state index is 13.0. The van der Waals surface area contributed by atoms with E-state index in [9.17, 15) is 9.18 Å². The summed E-state index contributed by atoms with van der Waals surface area (Å²) < 4.78 is 24.9. The van der Waals surface area contributed by atoms with E-state index in [1.165, 1.54) is 30.5 Å². The number of aromatic nitrogens is 5. The molecule has 9 heteroatoms. The number of carbonyl (C=O) groups is 1. The molecule has 0 N–H and O–H groups in total. The molecule has 0 bridgehead atoms. The Kier molecular flexibility index (Phi) is 4.11. The number of hydrogen-bond acceptors (Lipinski definition) is 7.